The second kappa shape index (κ2) is 6.43. The molecule has 1 aromatic rings. The molecular formula is C14H22N4O3. The molecule has 1 aromatic heterocycles. The fourth-order valence-corrected chi connectivity index (χ4v) is 3.02. The molecule has 2 amide bonds. The summed E-state index contributed by atoms with van der Waals surface area (Å²) in [5.41, 5.74) is 0. The summed E-state index contributed by atoms with van der Waals surface area (Å²) in [6, 6.07) is -0.0146. The molecule has 7 nitrogen and oxygen atoms in total. The number of amides is 2. The first-order valence-electron chi connectivity index (χ1n) is 7.69. The lowest BCUT2D eigenvalue weighted by Crippen LogP contribution is -2.51. The Bertz CT molecular complexity index is 484. The van der Waals surface area contributed by atoms with Crippen LogP contribution in [0.15, 0.2) is 4.52 Å². The van der Waals surface area contributed by atoms with Crippen LogP contribution in [0.25, 0.3) is 0 Å². The molecule has 21 heavy (non-hydrogen) atoms. The molecule has 3 rings (SSSR count). The highest BCUT2D eigenvalue weighted by molar-refractivity contribution is 5.75. The molecule has 1 atom stereocenters. The molecule has 1 saturated heterocycles. The zero-order valence-corrected chi connectivity index (χ0v) is 12.4. The van der Waals surface area contributed by atoms with E-state index in [4.69, 9.17) is 9.26 Å². The smallest absolute Gasteiger partial charge is 0.318 e. The van der Waals surface area contributed by atoms with Gasteiger partial charge in [-0.15, -0.1) is 0 Å². The van der Waals surface area contributed by atoms with Crippen LogP contribution in [-0.4, -0.2) is 46.9 Å². The fraction of sp³-hybridized carbons (Fsp3) is 0.786. The van der Waals surface area contributed by atoms with Gasteiger partial charge >= 0.3 is 6.03 Å². The summed E-state index contributed by atoms with van der Waals surface area (Å²) >= 11 is 0. The number of hydrogen-bond donors (Lipinski definition) is 1. The van der Waals surface area contributed by atoms with Crippen LogP contribution in [-0.2, 0) is 4.74 Å². The lowest BCUT2D eigenvalue weighted by molar-refractivity contribution is 0.00706. The van der Waals surface area contributed by atoms with E-state index < -0.39 is 0 Å². The number of rotatable bonds is 2. The van der Waals surface area contributed by atoms with Gasteiger partial charge in [-0.3, -0.25) is 0 Å². The summed E-state index contributed by atoms with van der Waals surface area (Å²) in [6.07, 6.45) is 5.81. The first kappa shape index (κ1) is 14.3. The molecule has 116 valence electrons. The first-order valence-corrected chi connectivity index (χ1v) is 7.69. The molecule has 1 aliphatic carbocycles. The molecule has 0 bridgehead atoms. The van der Waals surface area contributed by atoms with Gasteiger partial charge in [0, 0.05) is 19.5 Å². The van der Waals surface area contributed by atoms with Crippen molar-refractivity contribution in [1.82, 2.24) is 20.4 Å². The largest absolute Gasteiger partial charge is 0.377 e. The first-order chi connectivity index (χ1) is 10.2. The summed E-state index contributed by atoms with van der Waals surface area (Å²) in [5, 5.41) is 7.07. The van der Waals surface area contributed by atoms with Gasteiger partial charge < -0.3 is 19.5 Å². The van der Waals surface area contributed by atoms with Gasteiger partial charge in [0.2, 0.25) is 5.89 Å². The van der Waals surface area contributed by atoms with E-state index in [0.29, 0.717) is 37.5 Å². The Morgan fingerprint density at radius 3 is 2.86 bits per heavy atom. The molecule has 0 radical (unpaired) electrons. The Hall–Kier alpha value is -1.63. The van der Waals surface area contributed by atoms with Crippen LogP contribution in [0.2, 0.25) is 0 Å². The van der Waals surface area contributed by atoms with Gasteiger partial charge in [0.1, 0.15) is 6.04 Å². The van der Waals surface area contributed by atoms with E-state index in [1.807, 2.05) is 0 Å². The van der Waals surface area contributed by atoms with Crippen molar-refractivity contribution >= 4 is 6.03 Å². The van der Waals surface area contributed by atoms with Crippen LogP contribution in [0, 0.1) is 6.92 Å². The van der Waals surface area contributed by atoms with Crippen LogP contribution >= 0.6 is 0 Å². The second-order valence-electron chi connectivity index (χ2n) is 5.74. The van der Waals surface area contributed by atoms with Crippen LogP contribution in [0.5, 0.6) is 0 Å². The van der Waals surface area contributed by atoms with Crippen LogP contribution in [0.4, 0.5) is 4.79 Å². The van der Waals surface area contributed by atoms with E-state index >= 15 is 0 Å². The van der Waals surface area contributed by atoms with Crippen LogP contribution in [0.3, 0.4) is 0 Å². The molecule has 0 aromatic carbocycles. The van der Waals surface area contributed by atoms with Crippen molar-refractivity contribution in [1.29, 1.82) is 0 Å². The number of aromatic nitrogens is 2. The monoisotopic (exact) mass is 294 g/mol. The van der Waals surface area contributed by atoms with Crippen molar-refractivity contribution in [3.8, 4) is 0 Å². The van der Waals surface area contributed by atoms with Gasteiger partial charge in [-0.25, -0.2) is 4.79 Å². The number of morpholine rings is 1. The van der Waals surface area contributed by atoms with E-state index in [9.17, 15) is 4.79 Å². The van der Waals surface area contributed by atoms with Gasteiger partial charge in [0.15, 0.2) is 5.82 Å². The Balaban J connectivity index is 1.66. The summed E-state index contributed by atoms with van der Waals surface area (Å²) in [4.78, 5) is 18.5. The maximum atomic E-state index is 12.5. The number of aryl methyl sites for hydroxylation is 1. The molecule has 1 unspecified atom stereocenters. The quantitative estimate of drug-likeness (QED) is 0.899. The molecule has 7 heteroatoms. The van der Waals surface area contributed by atoms with E-state index in [-0.39, 0.29) is 12.1 Å². The molecular weight excluding hydrogens is 272 g/mol. The van der Waals surface area contributed by atoms with Gasteiger partial charge in [0.05, 0.1) is 13.2 Å². The minimum Gasteiger partial charge on any atom is -0.377 e. The van der Waals surface area contributed by atoms with Crippen molar-refractivity contribution in [2.24, 2.45) is 0 Å². The van der Waals surface area contributed by atoms with Gasteiger partial charge in [0.25, 0.3) is 0 Å². The van der Waals surface area contributed by atoms with Crippen LogP contribution in [0.1, 0.15) is 49.9 Å². The SMILES string of the molecule is Cc1nc(C2COCCN2C(=O)NC2CCCCC2)no1. The van der Waals surface area contributed by atoms with E-state index in [1.54, 1.807) is 11.8 Å². The number of ether oxygens (including phenoxy) is 1. The number of nitrogens with one attached hydrogen (secondary N) is 1. The number of hydrogen-bond acceptors (Lipinski definition) is 5. The molecule has 1 aliphatic heterocycles. The Kier molecular flexibility index (Phi) is 4.38. The molecule has 2 heterocycles. The molecule has 1 N–H and O–H groups in total. The number of urea groups is 1. The summed E-state index contributed by atoms with van der Waals surface area (Å²) < 4.78 is 10.5. The molecule has 1 saturated carbocycles. The number of nitrogens with zero attached hydrogens (tertiary/aromatic N) is 3. The third-order valence-electron chi connectivity index (χ3n) is 4.16. The highest BCUT2D eigenvalue weighted by Gasteiger charge is 2.33. The average Bonchev–Trinajstić information content (AvgIpc) is 2.95. The average molecular weight is 294 g/mol. The Morgan fingerprint density at radius 1 is 1.33 bits per heavy atom. The summed E-state index contributed by atoms with van der Waals surface area (Å²) in [6.45, 7) is 3.26. The van der Waals surface area contributed by atoms with Gasteiger partial charge in [-0.1, -0.05) is 24.4 Å². The molecule has 0 spiro atoms. The lowest BCUT2D eigenvalue weighted by atomic mass is 9.96. The molecule has 2 fully saturated rings. The van der Waals surface area contributed by atoms with E-state index in [1.165, 1.54) is 19.3 Å². The van der Waals surface area contributed by atoms with Crippen molar-refractivity contribution < 1.29 is 14.1 Å². The molecule has 2 aliphatic rings. The third kappa shape index (κ3) is 3.34. The zero-order chi connectivity index (χ0) is 14.7. The van der Waals surface area contributed by atoms with E-state index in [0.717, 1.165) is 12.8 Å². The Morgan fingerprint density at radius 2 is 2.14 bits per heavy atom. The highest BCUT2D eigenvalue weighted by Crippen LogP contribution is 2.23. The summed E-state index contributed by atoms with van der Waals surface area (Å²) in [5.74, 6) is 1.02. The van der Waals surface area contributed by atoms with Gasteiger partial charge in [-0.05, 0) is 12.8 Å². The predicted octanol–water partition coefficient (Wildman–Crippen LogP) is 1.79. The highest BCUT2D eigenvalue weighted by atomic mass is 16.5. The topological polar surface area (TPSA) is 80.5 Å². The number of carbonyl (C=O) groups excluding carboxylic acids is 1. The Labute approximate surface area is 124 Å². The van der Waals surface area contributed by atoms with Crippen molar-refractivity contribution in [3.63, 3.8) is 0 Å². The standard InChI is InChI=1S/C14H22N4O3/c1-10-15-13(17-21-10)12-9-20-8-7-18(12)14(19)16-11-5-3-2-4-6-11/h11-12H,2-9H2,1H3,(H,16,19). The maximum Gasteiger partial charge on any atom is 0.318 e. The van der Waals surface area contributed by atoms with Crippen molar-refractivity contribution in [3.05, 3.63) is 11.7 Å². The zero-order valence-electron chi connectivity index (χ0n) is 12.4. The van der Waals surface area contributed by atoms with E-state index in [2.05, 4.69) is 15.5 Å². The van der Waals surface area contributed by atoms with Crippen molar-refractivity contribution in [2.75, 3.05) is 19.8 Å². The second-order valence-corrected chi connectivity index (χ2v) is 5.74. The normalized spacial score (nSPS) is 24.0. The minimum atomic E-state index is -0.264. The fourth-order valence-electron chi connectivity index (χ4n) is 3.02. The maximum absolute atomic E-state index is 12.5. The van der Waals surface area contributed by atoms with Gasteiger partial charge in [-0.2, -0.15) is 4.98 Å². The summed E-state index contributed by atoms with van der Waals surface area (Å²) in [7, 11) is 0. The predicted molar refractivity (Wildman–Crippen MR) is 74.7 cm³/mol. The number of carbonyl (C=O) groups is 1. The van der Waals surface area contributed by atoms with Crippen molar-refractivity contribution in [2.45, 2.75) is 51.1 Å². The minimum absolute atomic E-state index is 0.0438. The lowest BCUT2D eigenvalue weighted by Gasteiger charge is -2.35. The van der Waals surface area contributed by atoms with Crippen LogP contribution < -0.4 is 5.32 Å². The third-order valence-corrected chi connectivity index (χ3v) is 4.16.